The summed E-state index contributed by atoms with van der Waals surface area (Å²) in [6, 6.07) is 28.1. The molecule has 66 heavy (non-hydrogen) atoms. The average molecular weight is 891 g/mol. The van der Waals surface area contributed by atoms with Crippen LogP contribution in [-0.4, -0.2) is 100 Å². The number of amides is 4. The first kappa shape index (κ1) is 42.9. The van der Waals surface area contributed by atoms with E-state index in [-0.39, 0.29) is 41.8 Å². The molecule has 10 rings (SSSR count). The highest BCUT2D eigenvalue weighted by Crippen LogP contribution is 2.57. The highest BCUT2D eigenvalue weighted by molar-refractivity contribution is 6.07. The van der Waals surface area contributed by atoms with Crippen LogP contribution in [0, 0.1) is 23.7 Å². The molecule has 340 valence electrons. The maximum absolute atomic E-state index is 14.4. The number of aromatic amines is 2. The van der Waals surface area contributed by atoms with Gasteiger partial charge in [0, 0.05) is 36.4 Å². The van der Waals surface area contributed by atoms with Gasteiger partial charge in [-0.1, -0.05) is 87.5 Å². The number of ether oxygens (including phenoxy) is 3. The lowest BCUT2D eigenvalue weighted by Gasteiger charge is -2.32. The summed E-state index contributed by atoms with van der Waals surface area (Å²) in [7, 11) is 4.25. The number of methoxy groups -OCH3 is 3. The predicted octanol–water partition coefficient (Wildman–Crippen LogP) is 8.33. The fourth-order valence-corrected chi connectivity index (χ4v) is 10.7. The highest BCUT2D eigenvalue weighted by Gasteiger charge is 2.61. The van der Waals surface area contributed by atoms with Gasteiger partial charge < -0.3 is 44.6 Å². The summed E-state index contributed by atoms with van der Waals surface area (Å²) in [5.41, 5.74) is 6.19. The molecule has 3 aliphatic rings. The SMILES string of the molecule is COC[C@H]1C[C@@H](c2nc3c(ccc4cc(-c5ccc6c(ccc7[nH]c([C@@H]8CC9C([C@@H]9C)N8C(=O)C(NC(=O)OC)C(C)C)nc76)c5)ccc43)[nH]2)N(C(=O)[C@H](NC(=O)OC)c2ccccc2)C1. The normalized spacial score (nSPS) is 22.2. The van der Waals surface area contributed by atoms with Crippen molar-refractivity contribution in [2.75, 3.05) is 34.5 Å². The molecule has 2 aliphatic heterocycles. The standard InChI is InChI=1S/C51H54N8O7/c1-26(2)41(56-50(62)65-5)49(61)59-40(23-36-27(3)45(36)59)47-53-38-19-15-33-22-31(13-17-35(33)44(38)55-47)30-12-16-34-32(21-30)14-18-37-43(34)54-46(52-37)39-20-28(25-64-4)24-58(39)48(60)42(57-51(63)66-6)29-10-8-7-9-11-29/h7-19,21-22,26-28,36,39-42,45H,20,23-25H2,1-6H3,(H,52,54)(H,53,55)(H,56,62)(H,57,63)/t27-,28+,36?,39+,40+,41?,42-,45?/m1/s1. The van der Waals surface area contributed by atoms with Crippen LogP contribution in [0.4, 0.5) is 9.59 Å². The molecule has 0 radical (unpaired) electrons. The molecule has 4 heterocycles. The van der Waals surface area contributed by atoms with Crippen molar-refractivity contribution in [2.45, 2.75) is 63.8 Å². The summed E-state index contributed by atoms with van der Waals surface area (Å²) in [4.78, 5) is 74.4. The molecule has 7 aromatic rings. The number of hydrogen-bond acceptors (Lipinski definition) is 9. The first-order chi connectivity index (χ1) is 32.0. The van der Waals surface area contributed by atoms with Gasteiger partial charge in [0.2, 0.25) is 5.91 Å². The van der Waals surface area contributed by atoms with Crippen molar-refractivity contribution in [3.05, 3.63) is 108 Å². The van der Waals surface area contributed by atoms with E-state index < -0.39 is 24.3 Å². The van der Waals surface area contributed by atoms with Crippen LogP contribution < -0.4 is 10.6 Å². The number of piperidine rings is 1. The molecule has 1 aliphatic carbocycles. The van der Waals surface area contributed by atoms with E-state index in [2.05, 4.69) is 82.1 Å². The van der Waals surface area contributed by atoms with Crippen molar-refractivity contribution in [1.82, 2.24) is 40.4 Å². The third-order valence-electron chi connectivity index (χ3n) is 14.1. The number of nitrogens with zero attached hydrogens (tertiary/aromatic N) is 4. The lowest BCUT2D eigenvalue weighted by Crippen LogP contribution is -2.52. The third-order valence-corrected chi connectivity index (χ3v) is 14.1. The molecule has 0 bridgehead atoms. The van der Waals surface area contributed by atoms with Crippen LogP contribution in [0.1, 0.15) is 69.0 Å². The number of H-pyrrole nitrogens is 2. The third kappa shape index (κ3) is 7.54. The van der Waals surface area contributed by atoms with Gasteiger partial charge in [-0.25, -0.2) is 19.6 Å². The van der Waals surface area contributed by atoms with Gasteiger partial charge in [0.05, 0.1) is 55.0 Å². The largest absolute Gasteiger partial charge is 0.453 e. The van der Waals surface area contributed by atoms with Gasteiger partial charge >= 0.3 is 12.2 Å². The van der Waals surface area contributed by atoms with E-state index in [9.17, 15) is 19.2 Å². The summed E-state index contributed by atoms with van der Waals surface area (Å²) in [6.45, 7) is 6.96. The predicted molar refractivity (Wildman–Crippen MR) is 250 cm³/mol. The Labute approximate surface area is 381 Å². The zero-order chi connectivity index (χ0) is 46.0. The van der Waals surface area contributed by atoms with Crippen molar-refractivity contribution < 1.29 is 33.4 Å². The first-order valence-corrected chi connectivity index (χ1v) is 22.7. The number of carbonyl (C=O) groups excluding carboxylic acids is 4. The van der Waals surface area contributed by atoms with Crippen molar-refractivity contribution in [2.24, 2.45) is 23.7 Å². The van der Waals surface area contributed by atoms with E-state index in [1.807, 2.05) is 55.1 Å². The van der Waals surface area contributed by atoms with E-state index in [0.717, 1.165) is 67.0 Å². The van der Waals surface area contributed by atoms with Crippen molar-refractivity contribution in [1.29, 1.82) is 0 Å². The van der Waals surface area contributed by atoms with E-state index in [0.29, 0.717) is 42.8 Å². The minimum atomic E-state index is -0.944. The zero-order valence-corrected chi connectivity index (χ0v) is 37.8. The number of hydrogen-bond donors (Lipinski definition) is 4. The number of aromatic nitrogens is 4. The lowest BCUT2D eigenvalue weighted by molar-refractivity contribution is -0.137. The van der Waals surface area contributed by atoms with Crippen molar-refractivity contribution in [3.63, 3.8) is 0 Å². The highest BCUT2D eigenvalue weighted by atomic mass is 16.5. The molecule has 3 fully saturated rings. The fraction of sp³-hybridized carbons (Fsp3) is 0.373. The molecular weight excluding hydrogens is 837 g/mol. The van der Waals surface area contributed by atoms with E-state index in [1.165, 1.54) is 14.2 Å². The second kappa shape index (κ2) is 17.1. The van der Waals surface area contributed by atoms with Gasteiger partial charge in [0.25, 0.3) is 5.91 Å². The Morgan fingerprint density at radius 1 is 0.727 bits per heavy atom. The lowest BCUT2D eigenvalue weighted by atomic mass is 9.98. The number of nitrogens with one attached hydrogen (secondary N) is 4. The second-order valence-electron chi connectivity index (χ2n) is 18.5. The summed E-state index contributed by atoms with van der Waals surface area (Å²) < 4.78 is 15.3. The molecule has 15 nitrogen and oxygen atoms in total. The summed E-state index contributed by atoms with van der Waals surface area (Å²) >= 11 is 0. The summed E-state index contributed by atoms with van der Waals surface area (Å²) in [6.07, 6.45) is 0.147. The molecule has 15 heteroatoms. The van der Waals surface area contributed by atoms with Crippen LogP contribution in [0.2, 0.25) is 0 Å². The molecule has 8 atom stereocenters. The van der Waals surface area contributed by atoms with Crippen molar-refractivity contribution in [3.8, 4) is 11.1 Å². The monoisotopic (exact) mass is 890 g/mol. The van der Waals surface area contributed by atoms with Gasteiger partial charge in [0.1, 0.15) is 23.7 Å². The zero-order valence-electron chi connectivity index (χ0n) is 37.8. The average Bonchev–Trinajstić information content (AvgIpc) is 3.94. The van der Waals surface area contributed by atoms with Crippen molar-refractivity contribution >= 4 is 67.6 Å². The van der Waals surface area contributed by atoms with Gasteiger partial charge in [-0.15, -0.1) is 0 Å². The van der Waals surface area contributed by atoms with Crippen LogP contribution in [0.25, 0.3) is 54.7 Å². The topological polar surface area (TPSA) is 184 Å². The van der Waals surface area contributed by atoms with Gasteiger partial charge in [0.15, 0.2) is 0 Å². The van der Waals surface area contributed by atoms with Crippen LogP contribution in [-0.2, 0) is 23.8 Å². The molecule has 4 amide bonds. The number of benzene rings is 5. The Morgan fingerprint density at radius 3 is 1.89 bits per heavy atom. The molecule has 3 unspecified atom stereocenters. The van der Waals surface area contributed by atoms with Crippen LogP contribution in [0.5, 0.6) is 0 Å². The Balaban J connectivity index is 0.929. The van der Waals surface area contributed by atoms with Gasteiger partial charge in [-0.2, -0.15) is 0 Å². The number of imidazole rings is 2. The van der Waals surface area contributed by atoms with Crippen LogP contribution >= 0.6 is 0 Å². The number of carbonyl (C=O) groups is 4. The fourth-order valence-electron chi connectivity index (χ4n) is 10.7. The smallest absolute Gasteiger partial charge is 0.407 e. The molecule has 0 spiro atoms. The quantitative estimate of drug-likeness (QED) is 0.0992. The molecule has 1 saturated carbocycles. The Kier molecular flexibility index (Phi) is 11.1. The van der Waals surface area contributed by atoms with Crippen LogP contribution in [0.15, 0.2) is 91.0 Å². The Hall–Kier alpha value is -7.00. The minimum Gasteiger partial charge on any atom is -0.453 e. The first-order valence-electron chi connectivity index (χ1n) is 22.7. The van der Waals surface area contributed by atoms with E-state index >= 15 is 0 Å². The maximum atomic E-state index is 14.4. The van der Waals surface area contributed by atoms with E-state index in [4.69, 9.17) is 24.2 Å². The molecule has 5 aromatic carbocycles. The van der Waals surface area contributed by atoms with Gasteiger partial charge in [-0.3, -0.25) is 9.59 Å². The molecule has 2 saturated heterocycles. The summed E-state index contributed by atoms with van der Waals surface area (Å²) in [5, 5.41) is 9.59. The number of alkyl carbamates (subject to hydrolysis) is 2. The Morgan fingerprint density at radius 2 is 1.32 bits per heavy atom. The minimum absolute atomic E-state index is 0.0720. The van der Waals surface area contributed by atoms with Gasteiger partial charge in [-0.05, 0) is 82.3 Å². The molecule has 2 aromatic heterocycles. The maximum Gasteiger partial charge on any atom is 0.407 e. The number of rotatable bonds is 11. The number of likely N-dealkylation sites (tertiary alicyclic amines) is 2. The second-order valence-corrected chi connectivity index (χ2v) is 18.5. The van der Waals surface area contributed by atoms with Crippen LogP contribution in [0.3, 0.4) is 0 Å². The molecule has 4 N–H and O–H groups in total. The van der Waals surface area contributed by atoms with E-state index in [1.54, 1.807) is 12.0 Å². The molecular formula is C51H54N8O7. The Bertz CT molecular complexity index is 3020. The number of fused-ring (bicyclic) bond motifs is 7. The summed E-state index contributed by atoms with van der Waals surface area (Å²) in [5.74, 6) is 1.81.